The quantitative estimate of drug-likeness (QED) is 0.515. The summed E-state index contributed by atoms with van der Waals surface area (Å²) in [5, 5.41) is -0.304. The predicted molar refractivity (Wildman–Crippen MR) is 70.3 cm³/mol. The van der Waals surface area contributed by atoms with Crippen LogP contribution in [0.3, 0.4) is 0 Å². The molecule has 0 amide bonds. The van der Waals surface area contributed by atoms with Gasteiger partial charge in [-0.15, -0.1) is 9.24 Å². The highest BCUT2D eigenvalue weighted by Gasteiger charge is 2.52. The van der Waals surface area contributed by atoms with Crippen LogP contribution >= 0.6 is 9.24 Å². The molecule has 0 spiro atoms. The number of rotatable bonds is 1. The lowest BCUT2D eigenvalue weighted by atomic mass is 9.75. The van der Waals surface area contributed by atoms with Crippen molar-refractivity contribution in [2.75, 3.05) is 20.1 Å². The first-order valence-electron chi connectivity index (χ1n) is 5.84. The van der Waals surface area contributed by atoms with Crippen molar-refractivity contribution in [1.82, 2.24) is 4.90 Å². The van der Waals surface area contributed by atoms with Gasteiger partial charge < -0.3 is 14.2 Å². The van der Waals surface area contributed by atoms with E-state index in [1.165, 1.54) is 5.47 Å². The van der Waals surface area contributed by atoms with E-state index >= 15 is 0 Å². The van der Waals surface area contributed by atoms with Gasteiger partial charge in [-0.05, 0) is 39.7 Å². The topological polar surface area (TPSA) is 21.7 Å². The SMILES string of the molecule is CN1CC=C(B2OC(C)(C)C(C)(P)O2)CC1. The molecule has 2 unspecified atom stereocenters. The van der Waals surface area contributed by atoms with E-state index in [9.17, 15) is 0 Å². The molecule has 1 fully saturated rings. The third kappa shape index (κ3) is 2.21. The van der Waals surface area contributed by atoms with E-state index < -0.39 is 0 Å². The molecule has 0 aromatic heterocycles. The van der Waals surface area contributed by atoms with Gasteiger partial charge in [0, 0.05) is 13.1 Å². The summed E-state index contributed by atoms with van der Waals surface area (Å²) in [5.74, 6) is 0. The fourth-order valence-corrected chi connectivity index (χ4v) is 2.12. The van der Waals surface area contributed by atoms with Crippen molar-refractivity contribution >= 4 is 16.4 Å². The van der Waals surface area contributed by atoms with E-state index in [0.29, 0.717) is 0 Å². The average molecular weight is 241 g/mol. The number of hydrogen-bond donors (Lipinski definition) is 0. The first kappa shape index (κ1) is 12.6. The molecular weight excluding hydrogens is 220 g/mol. The highest BCUT2D eigenvalue weighted by molar-refractivity contribution is 7.19. The Morgan fingerprint density at radius 2 is 2.06 bits per heavy atom. The highest BCUT2D eigenvalue weighted by atomic mass is 31.0. The van der Waals surface area contributed by atoms with E-state index in [1.54, 1.807) is 0 Å². The fourth-order valence-electron chi connectivity index (χ4n) is 1.92. The summed E-state index contributed by atoms with van der Waals surface area (Å²) in [4.78, 5) is 2.30. The normalized spacial score (nSPS) is 35.3. The third-order valence-corrected chi connectivity index (χ3v) is 4.53. The minimum absolute atomic E-state index is 0.161. The maximum absolute atomic E-state index is 6.01. The number of nitrogens with zero attached hydrogens (tertiary/aromatic N) is 1. The van der Waals surface area contributed by atoms with E-state index in [4.69, 9.17) is 9.31 Å². The number of hydrogen-bond acceptors (Lipinski definition) is 3. The summed E-state index contributed by atoms with van der Waals surface area (Å²) < 4.78 is 12.0. The Balaban J connectivity index is 2.09. The summed E-state index contributed by atoms with van der Waals surface area (Å²) >= 11 is 0. The van der Waals surface area contributed by atoms with Gasteiger partial charge >= 0.3 is 7.12 Å². The van der Waals surface area contributed by atoms with Gasteiger partial charge in [-0.1, -0.05) is 6.08 Å². The summed E-state index contributed by atoms with van der Waals surface area (Å²) in [6.45, 7) is 8.30. The van der Waals surface area contributed by atoms with Crippen LogP contribution in [0.25, 0.3) is 0 Å². The molecule has 2 heterocycles. The Morgan fingerprint density at radius 3 is 2.50 bits per heavy atom. The lowest BCUT2D eigenvalue weighted by Gasteiger charge is -2.32. The summed E-state index contributed by atoms with van der Waals surface area (Å²) in [6.07, 6.45) is 3.27. The van der Waals surface area contributed by atoms with E-state index in [0.717, 1.165) is 19.5 Å². The monoisotopic (exact) mass is 241 g/mol. The van der Waals surface area contributed by atoms with Crippen molar-refractivity contribution in [2.45, 2.75) is 38.1 Å². The fraction of sp³-hybridized carbons (Fsp3) is 0.818. The zero-order valence-corrected chi connectivity index (χ0v) is 11.8. The zero-order valence-electron chi connectivity index (χ0n) is 10.6. The molecular formula is C11H21BNO2P. The average Bonchev–Trinajstić information content (AvgIpc) is 2.37. The molecule has 2 rings (SSSR count). The minimum Gasteiger partial charge on any atom is -0.399 e. The molecule has 0 aliphatic carbocycles. The van der Waals surface area contributed by atoms with Crippen LogP contribution in [0.4, 0.5) is 0 Å². The van der Waals surface area contributed by atoms with E-state index in [2.05, 4.69) is 48.0 Å². The first-order chi connectivity index (χ1) is 7.32. The van der Waals surface area contributed by atoms with Gasteiger partial charge in [0.05, 0.1) is 10.9 Å². The second-order valence-electron chi connectivity index (χ2n) is 5.48. The van der Waals surface area contributed by atoms with Crippen molar-refractivity contribution in [3.8, 4) is 0 Å². The van der Waals surface area contributed by atoms with E-state index in [1.807, 2.05) is 0 Å². The molecule has 5 heteroatoms. The second kappa shape index (κ2) is 4.10. The van der Waals surface area contributed by atoms with Crippen molar-refractivity contribution < 1.29 is 9.31 Å². The van der Waals surface area contributed by atoms with Crippen LogP contribution in [-0.2, 0) is 9.31 Å². The molecule has 2 aliphatic heterocycles. The Labute approximate surface area is 101 Å². The predicted octanol–water partition coefficient (Wildman–Crippen LogP) is 1.69. The molecule has 0 radical (unpaired) electrons. The van der Waals surface area contributed by atoms with E-state index in [-0.39, 0.29) is 18.1 Å². The van der Waals surface area contributed by atoms with Gasteiger partial charge in [-0.3, -0.25) is 0 Å². The lowest BCUT2D eigenvalue weighted by Crippen LogP contribution is -2.38. The van der Waals surface area contributed by atoms with Crippen LogP contribution in [0.5, 0.6) is 0 Å². The van der Waals surface area contributed by atoms with Crippen LogP contribution in [0.1, 0.15) is 27.2 Å². The maximum atomic E-state index is 6.01. The molecule has 3 nitrogen and oxygen atoms in total. The smallest absolute Gasteiger partial charge is 0.399 e. The summed E-state index contributed by atoms with van der Waals surface area (Å²) in [6, 6.07) is 0. The molecule has 0 aromatic rings. The lowest BCUT2D eigenvalue weighted by molar-refractivity contribution is 0.0594. The Hall–Kier alpha value is 0.115. The summed E-state index contributed by atoms with van der Waals surface area (Å²) in [7, 11) is 4.74. The van der Waals surface area contributed by atoms with Crippen LogP contribution < -0.4 is 0 Å². The molecule has 0 aromatic carbocycles. The largest absolute Gasteiger partial charge is 0.490 e. The molecule has 16 heavy (non-hydrogen) atoms. The van der Waals surface area contributed by atoms with Gasteiger partial charge in [-0.2, -0.15) is 0 Å². The zero-order chi connectivity index (χ0) is 12.0. The van der Waals surface area contributed by atoms with Crippen LogP contribution in [0.2, 0.25) is 0 Å². The Bertz CT molecular complexity index is 301. The van der Waals surface area contributed by atoms with Crippen LogP contribution in [0, 0.1) is 0 Å². The van der Waals surface area contributed by atoms with Crippen LogP contribution in [0.15, 0.2) is 11.5 Å². The third-order valence-electron chi connectivity index (χ3n) is 3.70. The molecule has 2 aliphatic rings. The molecule has 0 saturated carbocycles. The van der Waals surface area contributed by atoms with Crippen molar-refractivity contribution in [2.24, 2.45) is 0 Å². The maximum Gasteiger partial charge on any atom is 0.490 e. The Morgan fingerprint density at radius 1 is 1.38 bits per heavy atom. The molecule has 0 N–H and O–H groups in total. The second-order valence-corrected chi connectivity index (χ2v) is 6.58. The van der Waals surface area contributed by atoms with Crippen molar-refractivity contribution in [3.05, 3.63) is 11.5 Å². The first-order valence-corrected chi connectivity index (χ1v) is 6.41. The molecule has 2 atom stereocenters. The Kier molecular flexibility index (Phi) is 3.22. The highest BCUT2D eigenvalue weighted by Crippen LogP contribution is 2.43. The molecule has 1 saturated heterocycles. The van der Waals surface area contributed by atoms with Gasteiger partial charge in [-0.25, -0.2) is 0 Å². The van der Waals surface area contributed by atoms with Gasteiger partial charge in [0.2, 0.25) is 0 Å². The molecule has 90 valence electrons. The van der Waals surface area contributed by atoms with Crippen molar-refractivity contribution in [3.63, 3.8) is 0 Å². The summed E-state index contributed by atoms with van der Waals surface area (Å²) in [5.41, 5.74) is 1.03. The number of likely N-dealkylation sites (N-methyl/N-ethyl adjacent to an activating group) is 1. The minimum atomic E-state index is -0.304. The van der Waals surface area contributed by atoms with Gasteiger partial charge in [0.15, 0.2) is 0 Å². The molecule has 0 bridgehead atoms. The van der Waals surface area contributed by atoms with Crippen molar-refractivity contribution in [1.29, 1.82) is 0 Å². The van der Waals surface area contributed by atoms with Gasteiger partial charge in [0.25, 0.3) is 0 Å². The standard InChI is InChI=1S/C11H21BNO2P/c1-10(2)11(3,16)15-12(14-10)9-5-7-13(4)8-6-9/h5H,6-8,16H2,1-4H3. The van der Waals surface area contributed by atoms with Gasteiger partial charge in [0.1, 0.15) is 0 Å². The van der Waals surface area contributed by atoms with Crippen LogP contribution in [-0.4, -0.2) is 43.1 Å².